The molecule has 170 valence electrons. The van der Waals surface area contributed by atoms with Crippen LogP contribution in [0.1, 0.15) is 19.5 Å². The van der Waals surface area contributed by atoms with Gasteiger partial charge in [0.05, 0.1) is 29.6 Å². The molecular formula is C25H27FN6O. The summed E-state index contributed by atoms with van der Waals surface area (Å²) in [6, 6.07) is 11.8. The fourth-order valence-electron chi connectivity index (χ4n) is 4.38. The van der Waals surface area contributed by atoms with Gasteiger partial charge in [0, 0.05) is 43.5 Å². The van der Waals surface area contributed by atoms with Crippen LogP contribution in [0.2, 0.25) is 0 Å². The maximum atomic E-state index is 14.6. The molecule has 7 nitrogen and oxygen atoms in total. The van der Waals surface area contributed by atoms with Gasteiger partial charge in [-0.15, -0.1) is 0 Å². The number of hydrogen-bond acceptors (Lipinski definition) is 6. The van der Waals surface area contributed by atoms with E-state index >= 15 is 0 Å². The zero-order valence-corrected chi connectivity index (χ0v) is 19.2. The fourth-order valence-corrected chi connectivity index (χ4v) is 4.38. The Balaban J connectivity index is 1.43. The van der Waals surface area contributed by atoms with Crippen molar-refractivity contribution < 1.29 is 9.13 Å². The molecule has 0 amide bonds. The van der Waals surface area contributed by atoms with Crippen molar-refractivity contribution in [1.82, 2.24) is 19.7 Å². The molecule has 0 unspecified atom stereocenters. The van der Waals surface area contributed by atoms with Crippen LogP contribution in [0.3, 0.4) is 0 Å². The molecule has 0 radical (unpaired) electrons. The van der Waals surface area contributed by atoms with E-state index in [-0.39, 0.29) is 12.2 Å². The van der Waals surface area contributed by atoms with E-state index in [1.807, 2.05) is 49.8 Å². The number of aryl methyl sites for hydroxylation is 2. The number of benzene rings is 1. The van der Waals surface area contributed by atoms with Gasteiger partial charge >= 0.3 is 0 Å². The lowest BCUT2D eigenvalue weighted by atomic mass is 10.0. The maximum Gasteiger partial charge on any atom is 0.165 e. The van der Waals surface area contributed by atoms with E-state index in [0.717, 1.165) is 33.5 Å². The zero-order valence-electron chi connectivity index (χ0n) is 19.2. The molecule has 4 aromatic rings. The fraction of sp³-hybridized carbons (Fsp3) is 0.320. The highest BCUT2D eigenvalue weighted by molar-refractivity contribution is 5.87. The summed E-state index contributed by atoms with van der Waals surface area (Å²) in [7, 11) is 1.94. The molecule has 4 heterocycles. The summed E-state index contributed by atoms with van der Waals surface area (Å²) < 4.78 is 22.3. The number of nitrogens with one attached hydrogen (secondary N) is 1. The number of hydrogen-bond donors (Lipinski definition) is 1. The van der Waals surface area contributed by atoms with Gasteiger partial charge in [-0.25, -0.2) is 14.4 Å². The Kier molecular flexibility index (Phi) is 5.46. The second kappa shape index (κ2) is 8.44. The minimum Gasteiger partial charge on any atom is -0.372 e. The molecule has 1 aliphatic rings. The van der Waals surface area contributed by atoms with E-state index in [1.54, 1.807) is 12.3 Å². The second-order valence-electron chi connectivity index (χ2n) is 8.68. The molecule has 33 heavy (non-hydrogen) atoms. The number of pyridine rings is 2. The van der Waals surface area contributed by atoms with Gasteiger partial charge in [-0.05, 0) is 56.2 Å². The first-order valence-electron chi connectivity index (χ1n) is 11.1. The van der Waals surface area contributed by atoms with Crippen LogP contribution in [0.25, 0.3) is 22.0 Å². The van der Waals surface area contributed by atoms with Crippen molar-refractivity contribution in [2.45, 2.75) is 33.0 Å². The third-order valence-electron chi connectivity index (χ3n) is 6.07. The van der Waals surface area contributed by atoms with Crippen molar-refractivity contribution in [3.8, 4) is 11.1 Å². The molecule has 1 N–H and O–H groups in total. The van der Waals surface area contributed by atoms with Gasteiger partial charge in [0.25, 0.3) is 0 Å². The van der Waals surface area contributed by atoms with Crippen LogP contribution < -0.4 is 10.2 Å². The Morgan fingerprint density at radius 2 is 1.79 bits per heavy atom. The van der Waals surface area contributed by atoms with Crippen molar-refractivity contribution >= 4 is 28.2 Å². The van der Waals surface area contributed by atoms with E-state index in [0.29, 0.717) is 24.6 Å². The van der Waals surface area contributed by atoms with Gasteiger partial charge in [0.2, 0.25) is 0 Å². The number of fused-ring (bicyclic) bond motifs is 1. The van der Waals surface area contributed by atoms with E-state index < -0.39 is 5.82 Å². The highest BCUT2D eigenvalue weighted by atomic mass is 19.1. The summed E-state index contributed by atoms with van der Waals surface area (Å²) in [4.78, 5) is 10.8. The SMILES string of the molecule is Cc1c2cc(-c3ccnc(Nc4cc(N5C[C@@H](C)O[C@@H](C)C5)ncc4F)c3)ccc2nn1C. The Labute approximate surface area is 192 Å². The van der Waals surface area contributed by atoms with Crippen molar-refractivity contribution in [3.05, 3.63) is 60.3 Å². The standard InChI is InChI=1S/C25H27FN6O/c1-15-13-32(14-16(2)33-15)25-11-23(21(26)12-28-25)29-24-10-19(7-8-27-24)18-5-6-22-20(9-18)17(3)31(4)30-22/h5-12,15-16H,13-14H2,1-4H3,(H,27,28,29)/t15-,16+. The summed E-state index contributed by atoms with van der Waals surface area (Å²) in [5, 5.41) is 8.77. The average Bonchev–Trinajstić information content (AvgIpc) is 3.08. The first-order valence-corrected chi connectivity index (χ1v) is 11.1. The largest absolute Gasteiger partial charge is 0.372 e. The molecule has 1 aliphatic heterocycles. The zero-order chi connectivity index (χ0) is 23.1. The lowest BCUT2D eigenvalue weighted by Crippen LogP contribution is -2.45. The van der Waals surface area contributed by atoms with Crippen molar-refractivity contribution in [3.63, 3.8) is 0 Å². The number of halogens is 1. The highest BCUT2D eigenvalue weighted by Gasteiger charge is 2.24. The normalized spacial score (nSPS) is 18.6. The maximum absolute atomic E-state index is 14.6. The van der Waals surface area contributed by atoms with Crippen LogP contribution in [0.15, 0.2) is 48.8 Å². The number of nitrogens with zero attached hydrogens (tertiary/aromatic N) is 5. The molecule has 1 aromatic carbocycles. The predicted molar refractivity (Wildman–Crippen MR) is 128 cm³/mol. The highest BCUT2D eigenvalue weighted by Crippen LogP contribution is 2.29. The van der Waals surface area contributed by atoms with Crippen LogP contribution in [0.4, 0.5) is 21.7 Å². The number of anilines is 3. The summed E-state index contributed by atoms with van der Waals surface area (Å²) >= 11 is 0. The number of rotatable bonds is 4. The molecule has 1 fully saturated rings. The van der Waals surface area contributed by atoms with Gasteiger partial charge in [-0.1, -0.05) is 6.07 Å². The number of aromatic nitrogens is 4. The number of morpholine rings is 1. The minimum absolute atomic E-state index is 0.0937. The Morgan fingerprint density at radius 1 is 1.03 bits per heavy atom. The monoisotopic (exact) mass is 446 g/mol. The van der Waals surface area contributed by atoms with Crippen LogP contribution in [-0.2, 0) is 11.8 Å². The van der Waals surface area contributed by atoms with Gasteiger partial charge in [0.1, 0.15) is 11.6 Å². The lowest BCUT2D eigenvalue weighted by Gasteiger charge is -2.36. The van der Waals surface area contributed by atoms with Gasteiger partial charge < -0.3 is 15.0 Å². The minimum atomic E-state index is -0.423. The summed E-state index contributed by atoms with van der Waals surface area (Å²) in [5.41, 5.74) is 4.45. The quantitative estimate of drug-likeness (QED) is 0.484. The third kappa shape index (κ3) is 4.26. The van der Waals surface area contributed by atoms with E-state index in [4.69, 9.17) is 4.74 Å². The first kappa shape index (κ1) is 21.3. The van der Waals surface area contributed by atoms with Crippen LogP contribution in [0.5, 0.6) is 0 Å². The Hall–Kier alpha value is -3.52. The summed E-state index contributed by atoms with van der Waals surface area (Å²) in [5.74, 6) is 0.859. The molecule has 0 bridgehead atoms. The van der Waals surface area contributed by atoms with Crippen molar-refractivity contribution in [2.24, 2.45) is 7.05 Å². The summed E-state index contributed by atoms with van der Waals surface area (Å²) in [6.07, 6.45) is 3.17. The van der Waals surface area contributed by atoms with E-state index in [1.165, 1.54) is 6.20 Å². The van der Waals surface area contributed by atoms with E-state index in [9.17, 15) is 4.39 Å². The van der Waals surface area contributed by atoms with Crippen LogP contribution in [0, 0.1) is 12.7 Å². The van der Waals surface area contributed by atoms with Gasteiger partial charge in [0.15, 0.2) is 5.82 Å². The van der Waals surface area contributed by atoms with Crippen LogP contribution >= 0.6 is 0 Å². The molecule has 0 spiro atoms. The average molecular weight is 447 g/mol. The third-order valence-corrected chi connectivity index (χ3v) is 6.07. The second-order valence-corrected chi connectivity index (χ2v) is 8.68. The molecule has 0 saturated carbocycles. The van der Waals surface area contributed by atoms with Crippen molar-refractivity contribution in [2.75, 3.05) is 23.3 Å². The van der Waals surface area contributed by atoms with E-state index in [2.05, 4.69) is 38.3 Å². The Bertz CT molecular complexity index is 1310. The lowest BCUT2D eigenvalue weighted by molar-refractivity contribution is -0.00546. The Morgan fingerprint density at radius 3 is 2.58 bits per heavy atom. The molecule has 3 aromatic heterocycles. The number of ether oxygens (including phenoxy) is 1. The van der Waals surface area contributed by atoms with Crippen LogP contribution in [-0.4, -0.2) is 45.0 Å². The molecular weight excluding hydrogens is 419 g/mol. The predicted octanol–water partition coefficient (Wildman–Crippen LogP) is 4.84. The summed E-state index contributed by atoms with van der Waals surface area (Å²) in [6.45, 7) is 7.55. The molecule has 1 saturated heterocycles. The van der Waals surface area contributed by atoms with Crippen molar-refractivity contribution in [1.29, 1.82) is 0 Å². The molecule has 2 atom stereocenters. The van der Waals surface area contributed by atoms with Gasteiger partial charge in [-0.3, -0.25) is 4.68 Å². The smallest absolute Gasteiger partial charge is 0.165 e. The first-order chi connectivity index (χ1) is 15.9. The molecule has 0 aliphatic carbocycles. The molecule has 8 heteroatoms. The molecule has 5 rings (SSSR count). The van der Waals surface area contributed by atoms with Gasteiger partial charge in [-0.2, -0.15) is 5.10 Å². The topological polar surface area (TPSA) is 68.1 Å².